The molecule has 1 aromatic carbocycles. The largest absolute Gasteiger partial charge is 0.507 e. The lowest BCUT2D eigenvalue weighted by molar-refractivity contribution is -0.163. The summed E-state index contributed by atoms with van der Waals surface area (Å²) in [6.07, 6.45) is 1.37. The van der Waals surface area contributed by atoms with Crippen LogP contribution < -0.4 is 4.74 Å². The molecule has 3 atom stereocenters. The van der Waals surface area contributed by atoms with Gasteiger partial charge in [-0.25, -0.2) is 0 Å². The van der Waals surface area contributed by atoms with E-state index in [1.807, 2.05) is 20.8 Å². The summed E-state index contributed by atoms with van der Waals surface area (Å²) in [5.74, 6) is -0.229. The fourth-order valence-corrected chi connectivity index (χ4v) is 3.00. The van der Waals surface area contributed by atoms with E-state index in [1.54, 1.807) is 31.4 Å². The monoisotopic (exact) mass is 392 g/mol. The van der Waals surface area contributed by atoms with Gasteiger partial charge in [0, 0.05) is 25.0 Å². The van der Waals surface area contributed by atoms with Crippen molar-refractivity contribution in [2.24, 2.45) is 0 Å². The second-order valence-corrected chi connectivity index (χ2v) is 7.72. The van der Waals surface area contributed by atoms with Gasteiger partial charge in [0.25, 0.3) is 0 Å². The number of hydrogen-bond donors (Lipinski definition) is 1. The Balaban J connectivity index is 2.41. The highest BCUT2D eigenvalue weighted by molar-refractivity contribution is 5.67. The number of esters is 2. The fourth-order valence-electron chi connectivity index (χ4n) is 3.00. The third kappa shape index (κ3) is 5.25. The number of carbonyl (C=O) groups is 2. The van der Waals surface area contributed by atoms with Crippen molar-refractivity contribution in [3.8, 4) is 11.5 Å². The molecule has 154 valence electrons. The van der Waals surface area contributed by atoms with Crippen LogP contribution in [-0.2, 0) is 29.2 Å². The normalized spacial score (nSPS) is 21.9. The van der Waals surface area contributed by atoms with E-state index in [2.05, 4.69) is 0 Å². The van der Waals surface area contributed by atoms with E-state index in [0.29, 0.717) is 11.3 Å². The molecule has 1 aliphatic heterocycles. The molecule has 0 aromatic heterocycles. The van der Waals surface area contributed by atoms with E-state index in [4.69, 9.17) is 18.9 Å². The Morgan fingerprint density at radius 2 is 1.82 bits per heavy atom. The first kappa shape index (κ1) is 21.8. The highest BCUT2D eigenvalue weighted by Gasteiger charge is 2.33. The first-order valence-electron chi connectivity index (χ1n) is 9.08. The van der Waals surface area contributed by atoms with Crippen molar-refractivity contribution in [3.05, 3.63) is 35.4 Å². The summed E-state index contributed by atoms with van der Waals surface area (Å²) < 4.78 is 21.7. The van der Waals surface area contributed by atoms with Gasteiger partial charge < -0.3 is 24.1 Å². The fraction of sp³-hybridized carbons (Fsp3) is 0.524. The van der Waals surface area contributed by atoms with Crippen LogP contribution in [0.25, 0.3) is 0 Å². The van der Waals surface area contributed by atoms with E-state index < -0.39 is 30.3 Å². The Kier molecular flexibility index (Phi) is 6.72. The molecule has 0 saturated carbocycles. The molecular formula is C21H28O7. The molecule has 0 aliphatic carbocycles. The highest BCUT2D eigenvalue weighted by atomic mass is 16.6. The number of carbonyl (C=O) groups excluding carboxylic acids is 2. The van der Waals surface area contributed by atoms with E-state index in [1.165, 1.54) is 13.8 Å². The number of benzene rings is 1. The zero-order chi connectivity index (χ0) is 21.1. The summed E-state index contributed by atoms with van der Waals surface area (Å²) in [6.45, 7) is 8.48. The van der Waals surface area contributed by atoms with Gasteiger partial charge >= 0.3 is 11.9 Å². The zero-order valence-corrected chi connectivity index (χ0v) is 17.1. The molecule has 0 spiro atoms. The first-order valence-corrected chi connectivity index (χ1v) is 9.08. The van der Waals surface area contributed by atoms with Crippen molar-refractivity contribution < 1.29 is 33.6 Å². The number of methoxy groups -OCH3 is 1. The number of ether oxygens (including phenoxy) is 4. The average molecular weight is 392 g/mol. The van der Waals surface area contributed by atoms with E-state index in [-0.39, 0.29) is 17.8 Å². The molecule has 1 aliphatic rings. The van der Waals surface area contributed by atoms with Crippen molar-refractivity contribution in [1.82, 2.24) is 0 Å². The Bertz CT molecular complexity index is 761. The predicted octanol–water partition coefficient (Wildman–Crippen LogP) is 3.19. The lowest BCUT2D eigenvalue weighted by atomic mass is 9.84. The summed E-state index contributed by atoms with van der Waals surface area (Å²) in [5.41, 5.74) is 0.926. The predicted molar refractivity (Wildman–Crippen MR) is 102 cm³/mol. The van der Waals surface area contributed by atoms with Crippen LogP contribution in [0.15, 0.2) is 24.3 Å². The second-order valence-electron chi connectivity index (χ2n) is 7.72. The van der Waals surface area contributed by atoms with Gasteiger partial charge in [0.2, 0.25) is 0 Å². The van der Waals surface area contributed by atoms with Crippen LogP contribution in [0.5, 0.6) is 11.5 Å². The summed E-state index contributed by atoms with van der Waals surface area (Å²) >= 11 is 0. The van der Waals surface area contributed by atoms with E-state index >= 15 is 0 Å². The second kappa shape index (κ2) is 8.65. The topological polar surface area (TPSA) is 91.3 Å². The number of hydrogen-bond acceptors (Lipinski definition) is 7. The van der Waals surface area contributed by atoms with Crippen molar-refractivity contribution in [2.45, 2.75) is 58.3 Å². The highest BCUT2D eigenvalue weighted by Crippen LogP contribution is 2.42. The van der Waals surface area contributed by atoms with Crippen LogP contribution in [0, 0.1) is 0 Å². The zero-order valence-electron chi connectivity index (χ0n) is 17.1. The minimum atomic E-state index is -0.702. The Labute approximate surface area is 165 Å². The smallest absolute Gasteiger partial charge is 0.303 e. The van der Waals surface area contributed by atoms with Gasteiger partial charge in [-0.1, -0.05) is 26.8 Å². The molecular weight excluding hydrogens is 364 g/mol. The van der Waals surface area contributed by atoms with Crippen LogP contribution in [0.3, 0.4) is 0 Å². The molecule has 7 heteroatoms. The molecule has 0 fully saturated rings. The lowest BCUT2D eigenvalue weighted by Crippen LogP contribution is -2.39. The Hall–Kier alpha value is -2.54. The standard InChI is InChI=1S/C21H28O7/c1-12(22)26-11-19-18(27-13(2)23)8-7-17(28-19)15-9-14(25-6)10-16(20(15)24)21(3,4)5/h7-10,17-19,24H,11H2,1-6H3/t17-,18-,19+/m0/s1. The van der Waals surface area contributed by atoms with Gasteiger partial charge in [0.1, 0.15) is 36.4 Å². The molecule has 0 amide bonds. The molecule has 1 heterocycles. The molecule has 7 nitrogen and oxygen atoms in total. The third-order valence-electron chi connectivity index (χ3n) is 4.38. The maximum atomic E-state index is 11.4. The molecule has 2 rings (SSSR count). The van der Waals surface area contributed by atoms with Crippen LogP contribution in [0.2, 0.25) is 0 Å². The number of phenolic OH excluding ortho intramolecular Hbond substituents is 1. The summed E-state index contributed by atoms with van der Waals surface area (Å²) in [6, 6.07) is 3.50. The van der Waals surface area contributed by atoms with Gasteiger partial charge in [0.05, 0.1) is 7.11 Å². The minimum absolute atomic E-state index is 0.0784. The summed E-state index contributed by atoms with van der Waals surface area (Å²) in [4.78, 5) is 22.6. The number of aromatic hydroxyl groups is 1. The van der Waals surface area contributed by atoms with Crippen molar-refractivity contribution in [1.29, 1.82) is 0 Å². The first-order chi connectivity index (χ1) is 13.0. The van der Waals surface area contributed by atoms with Crippen molar-refractivity contribution in [2.75, 3.05) is 13.7 Å². The summed E-state index contributed by atoms with van der Waals surface area (Å²) in [5, 5.41) is 10.9. The molecule has 0 saturated heterocycles. The molecule has 28 heavy (non-hydrogen) atoms. The maximum Gasteiger partial charge on any atom is 0.303 e. The average Bonchev–Trinajstić information content (AvgIpc) is 2.59. The number of phenols is 1. The van der Waals surface area contributed by atoms with Crippen molar-refractivity contribution in [3.63, 3.8) is 0 Å². The molecule has 0 bridgehead atoms. The molecule has 0 radical (unpaired) electrons. The molecule has 1 aromatic rings. The van der Waals surface area contributed by atoms with Gasteiger partial charge in [-0.15, -0.1) is 0 Å². The van der Waals surface area contributed by atoms with E-state index in [9.17, 15) is 14.7 Å². The van der Waals surface area contributed by atoms with E-state index in [0.717, 1.165) is 5.56 Å². The lowest BCUT2D eigenvalue weighted by Gasteiger charge is -2.33. The minimum Gasteiger partial charge on any atom is -0.507 e. The van der Waals surface area contributed by atoms with Gasteiger partial charge in [-0.05, 0) is 23.6 Å². The van der Waals surface area contributed by atoms with Gasteiger partial charge in [-0.2, -0.15) is 0 Å². The Morgan fingerprint density at radius 1 is 1.14 bits per heavy atom. The third-order valence-corrected chi connectivity index (χ3v) is 4.38. The van der Waals surface area contributed by atoms with Gasteiger partial charge in [-0.3, -0.25) is 9.59 Å². The Morgan fingerprint density at radius 3 is 2.36 bits per heavy atom. The maximum absolute atomic E-state index is 11.4. The van der Waals surface area contributed by atoms with Crippen LogP contribution >= 0.6 is 0 Å². The number of rotatable bonds is 5. The van der Waals surface area contributed by atoms with Crippen LogP contribution in [-0.4, -0.2) is 43.0 Å². The molecule has 0 unspecified atom stereocenters. The van der Waals surface area contributed by atoms with Crippen LogP contribution in [0.1, 0.15) is 51.8 Å². The quantitative estimate of drug-likeness (QED) is 0.608. The summed E-state index contributed by atoms with van der Waals surface area (Å²) in [7, 11) is 1.56. The van der Waals surface area contributed by atoms with Crippen LogP contribution in [0.4, 0.5) is 0 Å². The van der Waals surface area contributed by atoms with Gasteiger partial charge in [0.15, 0.2) is 0 Å². The van der Waals surface area contributed by atoms with Crippen molar-refractivity contribution >= 4 is 11.9 Å². The molecule has 1 N–H and O–H groups in total. The SMILES string of the molecule is COc1cc([C@@H]2C=C[C@H](OC(C)=O)[C@@H](COC(C)=O)O2)c(O)c(C(C)(C)C)c1.